The maximum atomic E-state index is 13.1. The maximum absolute atomic E-state index is 13.1. The molecule has 0 unspecified atom stereocenters. The highest BCUT2D eigenvalue weighted by molar-refractivity contribution is 7.09. The van der Waals surface area contributed by atoms with E-state index in [0.29, 0.717) is 26.2 Å². The Morgan fingerprint density at radius 1 is 1.11 bits per heavy atom. The zero-order chi connectivity index (χ0) is 20.2. The third kappa shape index (κ3) is 7.19. The van der Waals surface area contributed by atoms with Gasteiger partial charge in [-0.2, -0.15) is 0 Å². The molecule has 28 heavy (non-hydrogen) atoms. The predicted molar refractivity (Wildman–Crippen MR) is 115 cm³/mol. The van der Waals surface area contributed by atoms with Crippen LogP contribution in [0, 0.1) is 0 Å². The van der Waals surface area contributed by atoms with Crippen LogP contribution < -0.4 is 5.32 Å². The Morgan fingerprint density at radius 3 is 2.54 bits per heavy atom. The van der Waals surface area contributed by atoms with Crippen LogP contribution >= 0.6 is 11.3 Å². The first kappa shape index (κ1) is 21.7. The van der Waals surface area contributed by atoms with E-state index in [2.05, 4.69) is 18.8 Å². The maximum Gasteiger partial charge on any atom is 0.318 e. The van der Waals surface area contributed by atoms with Gasteiger partial charge in [0.1, 0.15) is 6.54 Å². The van der Waals surface area contributed by atoms with E-state index in [1.165, 1.54) is 4.90 Å². The lowest BCUT2D eigenvalue weighted by Gasteiger charge is -2.27. The lowest BCUT2D eigenvalue weighted by Crippen LogP contribution is -2.46. The second-order valence-corrected chi connectivity index (χ2v) is 7.60. The van der Waals surface area contributed by atoms with Gasteiger partial charge >= 0.3 is 6.03 Å². The van der Waals surface area contributed by atoms with E-state index < -0.39 is 0 Å². The standard InChI is InChI=1S/C22H29N3O2S/c1-3-5-13-23-22(27)24(14-4-2)18-21(26)25(17-20-12-9-15-28-20)16-19-10-7-6-8-11-19/h4,6-12,15H,2-3,5,13-14,16-18H2,1H3,(H,23,27). The molecular weight excluding hydrogens is 370 g/mol. The van der Waals surface area contributed by atoms with Crippen molar-refractivity contribution in [2.24, 2.45) is 0 Å². The number of rotatable bonds is 11. The van der Waals surface area contributed by atoms with E-state index in [9.17, 15) is 9.59 Å². The summed E-state index contributed by atoms with van der Waals surface area (Å²) >= 11 is 1.63. The SMILES string of the molecule is C=CCN(CC(=O)N(Cc1ccccc1)Cc1cccs1)C(=O)NCCCC. The summed E-state index contributed by atoms with van der Waals surface area (Å²) in [5.74, 6) is -0.0789. The zero-order valence-electron chi connectivity index (χ0n) is 16.5. The molecule has 1 aromatic heterocycles. The van der Waals surface area contributed by atoms with Crippen LogP contribution in [0.4, 0.5) is 4.79 Å². The van der Waals surface area contributed by atoms with E-state index in [1.807, 2.05) is 47.8 Å². The summed E-state index contributed by atoms with van der Waals surface area (Å²) in [6.45, 7) is 7.81. The van der Waals surface area contributed by atoms with E-state index in [4.69, 9.17) is 0 Å². The molecule has 150 valence electrons. The minimum atomic E-state index is -0.225. The number of unbranched alkanes of at least 4 members (excludes halogenated alkanes) is 1. The molecule has 0 aliphatic carbocycles. The van der Waals surface area contributed by atoms with Gasteiger partial charge in [-0.1, -0.05) is 55.8 Å². The number of amides is 3. The van der Waals surface area contributed by atoms with Gasteiger partial charge in [-0.15, -0.1) is 17.9 Å². The van der Waals surface area contributed by atoms with Crippen molar-refractivity contribution < 1.29 is 9.59 Å². The van der Waals surface area contributed by atoms with Crippen LogP contribution in [0.15, 0.2) is 60.5 Å². The minimum Gasteiger partial charge on any atom is -0.338 e. The highest BCUT2D eigenvalue weighted by Crippen LogP contribution is 2.15. The molecule has 0 aliphatic rings. The average molecular weight is 400 g/mol. The minimum absolute atomic E-state index is 0.0299. The number of benzene rings is 1. The number of hydrogen-bond donors (Lipinski definition) is 1. The normalized spacial score (nSPS) is 10.3. The van der Waals surface area contributed by atoms with Crippen molar-refractivity contribution >= 4 is 23.3 Å². The average Bonchev–Trinajstić information content (AvgIpc) is 3.21. The lowest BCUT2D eigenvalue weighted by atomic mass is 10.2. The molecule has 0 bridgehead atoms. The van der Waals surface area contributed by atoms with E-state index in [-0.39, 0.29) is 18.5 Å². The molecule has 1 N–H and O–H groups in total. The van der Waals surface area contributed by atoms with Crippen molar-refractivity contribution in [3.63, 3.8) is 0 Å². The summed E-state index contributed by atoms with van der Waals surface area (Å²) < 4.78 is 0. The third-order valence-electron chi connectivity index (χ3n) is 4.27. The lowest BCUT2D eigenvalue weighted by molar-refractivity contribution is -0.133. The summed E-state index contributed by atoms with van der Waals surface area (Å²) in [5, 5.41) is 4.88. The van der Waals surface area contributed by atoms with Crippen LogP contribution in [0.3, 0.4) is 0 Å². The highest BCUT2D eigenvalue weighted by atomic mass is 32.1. The van der Waals surface area contributed by atoms with Crippen molar-refractivity contribution in [3.8, 4) is 0 Å². The van der Waals surface area contributed by atoms with Gasteiger partial charge in [-0.3, -0.25) is 4.79 Å². The quantitative estimate of drug-likeness (QED) is 0.453. The molecular formula is C22H29N3O2S. The molecule has 6 heteroatoms. The van der Waals surface area contributed by atoms with Crippen LogP contribution in [0.2, 0.25) is 0 Å². The monoisotopic (exact) mass is 399 g/mol. The van der Waals surface area contributed by atoms with Crippen molar-refractivity contribution in [1.82, 2.24) is 15.1 Å². The first-order chi connectivity index (χ1) is 13.6. The van der Waals surface area contributed by atoms with E-state index in [1.54, 1.807) is 22.3 Å². The smallest absolute Gasteiger partial charge is 0.318 e. The Hall–Kier alpha value is -2.60. The molecule has 2 rings (SSSR count). The molecule has 0 saturated carbocycles. The molecule has 1 aromatic carbocycles. The molecule has 0 radical (unpaired) electrons. The number of nitrogens with zero attached hydrogens (tertiary/aromatic N) is 2. The van der Waals surface area contributed by atoms with Crippen LogP contribution in [-0.4, -0.2) is 41.4 Å². The molecule has 2 aromatic rings. The van der Waals surface area contributed by atoms with Crippen LogP contribution in [0.25, 0.3) is 0 Å². The molecule has 0 atom stereocenters. The largest absolute Gasteiger partial charge is 0.338 e. The summed E-state index contributed by atoms with van der Waals surface area (Å²) in [4.78, 5) is 29.9. The topological polar surface area (TPSA) is 52.7 Å². The van der Waals surface area contributed by atoms with Gasteiger partial charge in [0.2, 0.25) is 5.91 Å². The van der Waals surface area contributed by atoms with Gasteiger partial charge in [0, 0.05) is 24.5 Å². The fraction of sp³-hybridized carbons (Fsp3) is 0.364. The fourth-order valence-electron chi connectivity index (χ4n) is 2.75. The summed E-state index contributed by atoms with van der Waals surface area (Å²) in [5.41, 5.74) is 1.06. The number of carbonyl (C=O) groups excluding carboxylic acids is 2. The van der Waals surface area contributed by atoms with Crippen LogP contribution in [0.1, 0.15) is 30.2 Å². The number of urea groups is 1. The van der Waals surface area contributed by atoms with Crippen molar-refractivity contribution in [2.75, 3.05) is 19.6 Å². The Labute approximate surface area is 171 Å². The van der Waals surface area contributed by atoms with Crippen LogP contribution in [0.5, 0.6) is 0 Å². The van der Waals surface area contributed by atoms with Gasteiger partial charge in [-0.25, -0.2) is 4.79 Å². The van der Waals surface area contributed by atoms with Crippen LogP contribution in [-0.2, 0) is 17.9 Å². The van der Waals surface area contributed by atoms with Gasteiger partial charge < -0.3 is 15.1 Å². The van der Waals surface area contributed by atoms with Crippen molar-refractivity contribution in [2.45, 2.75) is 32.9 Å². The summed E-state index contributed by atoms with van der Waals surface area (Å²) in [6, 6.07) is 13.7. The molecule has 0 saturated heterocycles. The predicted octanol–water partition coefficient (Wildman–Crippen LogP) is 4.27. The number of nitrogens with one attached hydrogen (secondary N) is 1. The van der Waals surface area contributed by atoms with E-state index in [0.717, 1.165) is 23.3 Å². The fourth-order valence-corrected chi connectivity index (χ4v) is 3.47. The number of hydrogen-bond acceptors (Lipinski definition) is 3. The van der Waals surface area contributed by atoms with Crippen molar-refractivity contribution in [3.05, 3.63) is 70.9 Å². The second kappa shape index (κ2) is 12.0. The van der Waals surface area contributed by atoms with Gasteiger partial charge in [0.05, 0.1) is 6.54 Å². The Bertz CT molecular complexity index is 732. The number of carbonyl (C=O) groups is 2. The van der Waals surface area contributed by atoms with Gasteiger partial charge in [0.15, 0.2) is 0 Å². The second-order valence-electron chi connectivity index (χ2n) is 6.57. The molecule has 0 aliphatic heterocycles. The summed E-state index contributed by atoms with van der Waals surface area (Å²) in [7, 11) is 0. The molecule has 0 fully saturated rings. The van der Waals surface area contributed by atoms with Gasteiger partial charge in [-0.05, 0) is 23.4 Å². The first-order valence-corrected chi connectivity index (χ1v) is 10.5. The first-order valence-electron chi connectivity index (χ1n) is 9.61. The van der Waals surface area contributed by atoms with Crippen molar-refractivity contribution in [1.29, 1.82) is 0 Å². The highest BCUT2D eigenvalue weighted by Gasteiger charge is 2.21. The molecule has 3 amide bonds. The molecule has 0 spiro atoms. The Morgan fingerprint density at radius 2 is 1.89 bits per heavy atom. The Balaban J connectivity index is 2.07. The van der Waals surface area contributed by atoms with E-state index >= 15 is 0 Å². The zero-order valence-corrected chi connectivity index (χ0v) is 17.3. The number of thiophene rings is 1. The van der Waals surface area contributed by atoms with Gasteiger partial charge in [0.25, 0.3) is 0 Å². The molecule has 1 heterocycles. The molecule has 5 nitrogen and oxygen atoms in total. The third-order valence-corrected chi connectivity index (χ3v) is 5.13. The summed E-state index contributed by atoms with van der Waals surface area (Å²) in [6.07, 6.45) is 3.57. The Kier molecular flexibility index (Phi) is 9.28.